The van der Waals surface area contributed by atoms with Crippen LogP contribution in [-0.4, -0.2) is 22.1 Å². The Morgan fingerprint density at radius 3 is 2.94 bits per heavy atom. The van der Waals surface area contributed by atoms with Crippen molar-refractivity contribution >= 4 is 31.4 Å². The summed E-state index contributed by atoms with van der Waals surface area (Å²) in [5, 5.41) is -0.898. The van der Waals surface area contributed by atoms with Gasteiger partial charge in [0.15, 0.2) is 0 Å². The van der Waals surface area contributed by atoms with Crippen LogP contribution in [0.3, 0.4) is 0 Å². The molecule has 3 nitrogen and oxygen atoms in total. The van der Waals surface area contributed by atoms with Crippen LogP contribution in [-0.2, 0) is 14.7 Å². The molecule has 0 bridgehead atoms. The highest BCUT2D eigenvalue weighted by molar-refractivity contribution is 9.10. The summed E-state index contributed by atoms with van der Waals surface area (Å²) >= 11 is 3.32. The average Bonchev–Trinajstić information content (AvgIpc) is 2.98. The Morgan fingerprint density at radius 1 is 1.67 bits per heavy atom. The Labute approximate surface area is 116 Å². The number of esters is 1. The molecule has 0 saturated carbocycles. The molecule has 18 heavy (non-hydrogen) atoms. The molecule has 2 atom stereocenters. The first-order valence-electron chi connectivity index (χ1n) is 5.59. The Balaban J connectivity index is 2.31. The molecular weight excluding hydrogens is 317 g/mol. The van der Waals surface area contributed by atoms with Crippen molar-refractivity contribution in [2.45, 2.75) is 24.6 Å². The molecule has 2 N–H and O–H groups in total. The van der Waals surface area contributed by atoms with Crippen molar-refractivity contribution in [3.8, 4) is 0 Å². The molecule has 0 amide bonds. The average molecular weight is 330 g/mol. The van der Waals surface area contributed by atoms with Crippen molar-refractivity contribution in [3.63, 3.8) is 0 Å². The van der Waals surface area contributed by atoms with Crippen LogP contribution in [0, 0.1) is 12.7 Å². The molecule has 1 heterocycles. The van der Waals surface area contributed by atoms with E-state index in [1.165, 1.54) is 0 Å². The molecule has 96 valence electrons. The lowest BCUT2D eigenvalue weighted by molar-refractivity contribution is -0.142. The first-order chi connectivity index (χ1) is 8.40. The minimum absolute atomic E-state index is 0.168. The summed E-state index contributed by atoms with van der Waals surface area (Å²) in [4.78, 5) is 11.6. The van der Waals surface area contributed by atoms with Gasteiger partial charge in [-0.25, -0.2) is 4.39 Å². The summed E-state index contributed by atoms with van der Waals surface area (Å²) in [6, 6.07) is 3.33. The molecule has 0 aromatic heterocycles. The highest BCUT2D eigenvalue weighted by atomic mass is 79.9. The SMILES string of the molecule is CCOC(=O)C1[Si][C@]1(N)c1cc(Br)cc(C)c1F. The van der Waals surface area contributed by atoms with Crippen molar-refractivity contribution in [3.05, 3.63) is 33.5 Å². The standard InChI is InChI=1S/C12H13BrFNO2Si/c1-3-17-11(16)10-12(15,18-10)8-5-7(13)4-6(2)9(8)14/h4-5,10H,3,15H2,1-2H3/t10?,12-/m1/s1. The van der Waals surface area contributed by atoms with Gasteiger partial charge >= 0.3 is 5.97 Å². The van der Waals surface area contributed by atoms with Crippen molar-refractivity contribution < 1.29 is 13.9 Å². The fourth-order valence-electron chi connectivity index (χ4n) is 1.93. The van der Waals surface area contributed by atoms with Gasteiger partial charge in [0, 0.05) is 15.2 Å². The molecule has 1 aliphatic heterocycles. The minimum Gasteiger partial charge on any atom is -0.466 e. The molecule has 1 unspecified atom stereocenters. The van der Waals surface area contributed by atoms with E-state index in [4.69, 9.17) is 10.5 Å². The third kappa shape index (κ3) is 2.24. The van der Waals surface area contributed by atoms with Gasteiger partial charge in [-0.05, 0) is 31.5 Å². The number of aryl methyl sites for hydroxylation is 1. The Bertz CT molecular complexity index is 511. The molecule has 1 saturated heterocycles. The lowest BCUT2D eigenvalue weighted by Gasteiger charge is -2.15. The van der Waals surface area contributed by atoms with Gasteiger partial charge in [0.25, 0.3) is 0 Å². The zero-order valence-corrected chi connectivity index (χ0v) is 12.7. The van der Waals surface area contributed by atoms with E-state index in [2.05, 4.69) is 15.9 Å². The molecule has 1 aromatic rings. The van der Waals surface area contributed by atoms with Gasteiger partial charge in [-0.2, -0.15) is 0 Å². The maximum atomic E-state index is 14.1. The number of ether oxygens (including phenoxy) is 1. The van der Waals surface area contributed by atoms with Gasteiger partial charge in [0.2, 0.25) is 0 Å². The topological polar surface area (TPSA) is 52.3 Å². The molecule has 0 spiro atoms. The highest BCUT2D eigenvalue weighted by Gasteiger charge is 2.59. The van der Waals surface area contributed by atoms with Gasteiger partial charge in [-0.15, -0.1) is 0 Å². The Morgan fingerprint density at radius 2 is 2.33 bits per heavy atom. The fraction of sp³-hybridized carbons (Fsp3) is 0.417. The lowest BCUT2D eigenvalue weighted by atomic mass is 10.0. The third-order valence-corrected chi connectivity index (χ3v) is 5.10. The highest BCUT2D eigenvalue weighted by Crippen LogP contribution is 2.48. The van der Waals surface area contributed by atoms with Crippen LogP contribution in [0.15, 0.2) is 16.6 Å². The number of halogens is 2. The Kier molecular flexibility index (Phi) is 3.62. The van der Waals surface area contributed by atoms with E-state index in [0.29, 0.717) is 17.7 Å². The second-order valence-corrected chi connectivity index (χ2v) is 6.89. The first kappa shape index (κ1) is 13.7. The molecule has 2 rings (SSSR count). The van der Waals surface area contributed by atoms with Crippen molar-refractivity contribution in [2.24, 2.45) is 5.73 Å². The van der Waals surface area contributed by atoms with E-state index in [1.807, 2.05) is 0 Å². The Hall–Kier alpha value is -0.723. The molecule has 2 radical (unpaired) electrons. The predicted molar refractivity (Wildman–Crippen MR) is 70.8 cm³/mol. The van der Waals surface area contributed by atoms with E-state index in [9.17, 15) is 9.18 Å². The monoisotopic (exact) mass is 329 g/mol. The van der Waals surface area contributed by atoms with Crippen LogP contribution in [0.25, 0.3) is 0 Å². The van der Waals surface area contributed by atoms with Gasteiger partial charge in [-0.1, -0.05) is 15.9 Å². The number of hydrogen-bond donors (Lipinski definition) is 1. The number of carbonyl (C=O) groups excluding carboxylic acids is 1. The zero-order valence-electron chi connectivity index (χ0n) is 10.1. The molecule has 1 aliphatic rings. The van der Waals surface area contributed by atoms with E-state index >= 15 is 0 Å². The smallest absolute Gasteiger partial charge is 0.307 e. The number of nitrogens with two attached hydrogens (primary N) is 1. The first-order valence-corrected chi connectivity index (χ1v) is 7.46. The second-order valence-electron chi connectivity index (χ2n) is 4.28. The van der Waals surface area contributed by atoms with Gasteiger partial charge in [-0.3, -0.25) is 4.79 Å². The van der Waals surface area contributed by atoms with Gasteiger partial charge < -0.3 is 10.5 Å². The predicted octanol–water partition coefficient (Wildman–Crippen LogP) is 2.08. The number of benzene rings is 1. The fourth-order valence-corrected chi connectivity index (χ4v) is 3.71. The lowest BCUT2D eigenvalue weighted by Crippen LogP contribution is -2.26. The summed E-state index contributed by atoms with van der Waals surface area (Å²) in [7, 11) is 0.168. The van der Waals surface area contributed by atoms with Crippen LogP contribution in [0.5, 0.6) is 0 Å². The molecule has 1 aromatic carbocycles. The number of carbonyl (C=O) groups is 1. The number of hydrogen-bond acceptors (Lipinski definition) is 3. The minimum atomic E-state index is -0.898. The summed E-state index contributed by atoms with van der Waals surface area (Å²) in [5.41, 5.74) is 6.63. The van der Waals surface area contributed by atoms with E-state index in [1.54, 1.807) is 26.0 Å². The maximum absolute atomic E-state index is 14.1. The maximum Gasteiger partial charge on any atom is 0.307 e. The number of rotatable bonds is 3. The third-order valence-electron chi connectivity index (χ3n) is 2.94. The van der Waals surface area contributed by atoms with Crippen LogP contribution in [0.1, 0.15) is 18.1 Å². The molecular formula is C12H13BrFNO2Si. The van der Waals surface area contributed by atoms with Crippen LogP contribution in [0.4, 0.5) is 4.39 Å². The molecule has 1 fully saturated rings. The van der Waals surface area contributed by atoms with Crippen molar-refractivity contribution in [2.75, 3.05) is 6.61 Å². The van der Waals surface area contributed by atoms with Crippen molar-refractivity contribution in [1.82, 2.24) is 0 Å². The summed E-state index contributed by atoms with van der Waals surface area (Å²) in [5.74, 6) is -0.671. The van der Waals surface area contributed by atoms with Gasteiger partial charge in [0.05, 0.1) is 21.7 Å². The van der Waals surface area contributed by atoms with E-state index in [0.717, 1.165) is 4.47 Å². The van der Waals surface area contributed by atoms with Gasteiger partial charge in [0.1, 0.15) is 5.82 Å². The quantitative estimate of drug-likeness (QED) is 0.682. The summed E-state index contributed by atoms with van der Waals surface area (Å²) in [6.45, 7) is 3.74. The normalized spacial score (nSPS) is 25.9. The van der Waals surface area contributed by atoms with Crippen molar-refractivity contribution in [1.29, 1.82) is 0 Å². The largest absolute Gasteiger partial charge is 0.466 e. The van der Waals surface area contributed by atoms with Crippen LogP contribution in [0.2, 0.25) is 5.54 Å². The summed E-state index contributed by atoms with van der Waals surface area (Å²) in [6.07, 6.45) is 0. The molecule has 0 aliphatic carbocycles. The summed E-state index contributed by atoms with van der Waals surface area (Å²) < 4.78 is 19.8. The van der Waals surface area contributed by atoms with E-state index in [-0.39, 0.29) is 21.3 Å². The second kappa shape index (κ2) is 4.75. The van der Waals surface area contributed by atoms with Crippen LogP contribution >= 0.6 is 15.9 Å². The molecule has 6 heteroatoms. The zero-order chi connectivity index (χ0) is 13.5. The van der Waals surface area contributed by atoms with Crippen LogP contribution < -0.4 is 5.73 Å². The van der Waals surface area contributed by atoms with E-state index < -0.39 is 10.7 Å².